The maximum atomic E-state index is 5.80. The Hall–Kier alpha value is -0.470. The molecule has 0 amide bonds. The predicted molar refractivity (Wildman–Crippen MR) is 62.5 cm³/mol. The highest BCUT2D eigenvalue weighted by Crippen LogP contribution is 2.25. The first-order valence-corrected chi connectivity index (χ1v) is 5.21. The maximum Gasteiger partial charge on any atom is 0.0485 e. The van der Waals surface area contributed by atoms with Crippen molar-refractivity contribution in [2.75, 3.05) is 11.9 Å². The molecule has 0 unspecified atom stereocenters. The van der Waals surface area contributed by atoms with Crippen LogP contribution in [0.3, 0.4) is 0 Å². The fraction of sp³-hybridized carbons (Fsp3) is 0.200. The van der Waals surface area contributed by atoms with Crippen LogP contribution in [-0.2, 0) is 0 Å². The third kappa shape index (κ3) is 3.41. The third-order valence-electron chi connectivity index (χ3n) is 1.60. The number of hydrogen-bond donors (Lipinski definition) is 1. The summed E-state index contributed by atoms with van der Waals surface area (Å²) in [6.45, 7) is 4.55. The van der Waals surface area contributed by atoms with Crippen molar-refractivity contribution in [1.29, 1.82) is 0 Å². The van der Waals surface area contributed by atoms with Crippen molar-refractivity contribution in [3.05, 3.63) is 40.3 Å². The average Bonchev–Trinajstić information content (AvgIpc) is 2.09. The van der Waals surface area contributed by atoms with E-state index in [1.165, 1.54) is 0 Å². The first-order valence-electron chi connectivity index (χ1n) is 4.04. The lowest BCUT2D eigenvalue weighted by molar-refractivity contribution is 1.07. The molecule has 1 rings (SSSR count). The van der Waals surface area contributed by atoms with Gasteiger partial charge in [-0.25, -0.2) is 0 Å². The van der Waals surface area contributed by atoms with Crippen LogP contribution in [0.25, 0.3) is 0 Å². The van der Waals surface area contributed by atoms with E-state index in [1.807, 2.05) is 24.3 Å². The van der Waals surface area contributed by atoms with Gasteiger partial charge < -0.3 is 5.32 Å². The van der Waals surface area contributed by atoms with Crippen LogP contribution >= 0.6 is 27.5 Å². The summed E-state index contributed by atoms with van der Waals surface area (Å²) in [5.41, 5.74) is 1.06. The third-order valence-corrected chi connectivity index (χ3v) is 2.49. The Kier molecular flexibility index (Phi) is 4.33. The largest absolute Gasteiger partial charge is 0.384 e. The summed E-state index contributed by atoms with van der Waals surface area (Å²) in [4.78, 5) is 0. The Morgan fingerprint density at radius 3 is 2.92 bits per heavy atom. The fourth-order valence-electron chi connectivity index (χ4n) is 0.942. The van der Waals surface area contributed by atoms with E-state index in [0.717, 1.165) is 28.1 Å². The molecule has 1 nitrogen and oxygen atoms in total. The highest BCUT2D eigenvalue weighted by molar-refractivity contribution is 9.10. The van der Waals surface area contributed by atoms with Crippen LogP contribution in [0, 0.1) is 0 Å². The van der Waals surface area contributed by atoms with Crippen LogP contribution in [0.5, 0.6) is 0 Å². The molecule has 1 aromatic rings. The quantitative estimate of drug-likeness (QED) is 0.635. The SMILES string of the molecule is C=CCCNc1ccc(Cl)cc1Br. The Labute approximate surface area is 91.9 Å². The lowest BCUT2D eigenvalue weighted by atomic mass is 10.3. The van der Waals surface area contributed by atoms with Gasteiger partial charge in [0.1, 0.15) is 0 Å². The average molecular weight is 261 g/mol. The Morgan fingerprint density at radius 2 is 2.31 bits per heavy atom. The molecule has 13 heavy (non-hydrogen) atoms. The Bertz CT molecular complexity index is 299. The van der Waals surface area contributed by atoms with Crippen molar-refractivity contribution in [2.45, 2.75) is 6.42 Å². The molecule has 0 atom stereocenters. The lowest BCUT2D eigenvalue weighted by Crippen LogP contribution is -2.00. The summed E-state index contributed by atoms with van der Waals surface area (Å²) in [7, 11) is 0. The van der Waals surface area contributed by atoms with Crippen molar-refractivity contribution >= 4 is 33.2 Å². The molecule has 0 aromatic heterocycles. The molecule has 1 N–H and O–H groups in total. The van der Waals surface area contributed by atoms with E-state index in [2.05, 4.69) is 27.8 Å². The zero-order valence-electron chi connectivity index (χ0n) is 7.19. The van der Waals surface area contributed by atoms with E-state index in [0.29, 0.717) is 0 Å². The minimum Gasteiger partial charge on any atom is -0.384 e. The van der Waals surface area contributed by atoms with Crippen LogP contribution in [-0.4, -0.2) is 6.54 Å². The monoisotopic (exact) mass is 259 g/mol. The normalized spacial score (nSPS) is 9.69. The molecular weight excluding hydrogens is 249 g/mol. The van der Waals surface area contributed by atoms with E-state index >= 15 is 0 Å². The second-order valence-corrected chi connectivity index (χ2v) is 3.92. The number of rotatable bonds is 4. The van der Waals surface area contributed by atoms with Gasteiger partial charge in [-0.05, 0) is 40.5 Å². The molecule has 0 aliphatic rings. The minimum atomic E-state index is 0.737. The molecule has 0 aliphatic heterocycles. The smallest absolute Gasteiger partial charge is 0.0485 e. The van der Waals surface area contributed by atoms with Crippen LogP contribution in [0.4, 0.5) is 5.69 Å². The van der Waals surface area contributed by atoms with E-state index in [4.69, 9.17) is 11.6 Å². The topological polar surface area (TPSA) is 12.0 Å². The molecule has 0 heterocycles. The molecule has 0 spiro atoms. The highest BCUT2D eigenvalue weighted by atomic mass is 79.9. The molecular formula is C10H11BrClN. The highest BCUT2D eigenvalue weighted by Gasteiger charge is 1.98. The summed E-state index contributed by atoms with van der Waals surface area (Å²) in [6.07, 6.45) is 2.84. The lowest BCUT2D eigenvalue weighted by Gasteiger charge is -2.06. The second kappa shape index (κ2) is 5.30. The van der Waals surface area contributed by atoms with Gasteiger partial charge in [0.25, 0.3) is 0 Å². The van der Waals surface area contributed by atoms with Gasteiger partial charge in [-0.15, -0.1) is 6.58 Å². The van der Waals surface area contributed by atoms with Gasteiger partial charge in [0.15, 0.2) is 0 Å². The molecule has 0 bridgehead atoms. The van der Waals surface area contributed by atoms with E-state index in [-0.39, 0.29) is 0 Å². The molecule has 0 fully saturated rings. The summed E-state index contributed by atoms with van der Waals surface area (Å²) in [5, 5.41) is 4.00. The van der Waals surface area contributed by atoms with E-state index in [1.54, 1.807) is 0 Å². The predicted octanol–water partition coefficient (Wildman–Crippen LogP) is 4.09. The Morgan fingerprint density at radius 1 is 1.54 bits per heavy atom. The number of anilines is 1. The molecule has 0 saturated carbocycles. The van der Waals surface area contributed by atoms with Gasteiger partial charge in [-0.1, -0.05) is 17.7 Å². The fourth-order valence-corrected chi connectivity index (χ4v) is 1.76. The number of benzene rings is 1. The van der Waals surface area contributed by atoms with Gasteiger partial charge in [-0.3, -0.25) is 0 Å². The second-order valence-electron chi connectivity index (χ2n) is 2.63. The summed E-state index contributed by atoms with van der Waals surface area (Å²) in [5.74, 6) is 0. The van der Waals surface area contributed by atoms with Crippen LogP contribution in [0.15, 0.2) is 35.3 Å². The molecule has 3 heteroatoms. The maximum absolute atomic E-state index is 5.80. The zero-order valence-corrected chi connectivity index (χ0v) is 9.53. The molecule has 0 radical (unpaired) electrons. The number of nitrogens with one attached hydrogen (secondary N) is 1. The van der Waals surface area contributed by atoms with Crippen LogP contribution in [0.1, 0.15) is 6.42 Å². The van der Waals surface area contributed by atoms with Gasteiger partial charge >= 0.3 is 0 Å². The number of hydrogen-bond acceptors (Lipinski definition) is 1. The Balaban J connectivity index is 2.61. The van der Waals surface area contributed by atoms with Crippen LogP contribution in [0.2, 0.25) is 5.02 Å². The van der Waals surface area contributed by atoms with Crippen molar-refractivity contribution < 1.29 is 0 Å². The van der Waals surface area contributed by atoms with Gasteiger partial charge in [0, 0.05) is 21.7 Å². The standard InChI is InChI=1S/C10H11BrClN/c1-2-3-6-13-10-5-4-8(12)7-9(10)11/h2,4-5,7,13H,1,3,6H2. The van der Waals surface area contributed by atoms with Crippen molar-refractivity contribution in [3.63, 3.8) is 0 Å². The molecule has 0 aliphatic carbocycles. The minimum absolute atomic E-state index is 0.737. The summed E-state index contributed by atoms with van der Waals surface area (Å²) >= 11 is 9.23. The van der Waals surface area contributed by atoms with Crippen molar-refractivity contribution in [1.82, 2.24) is 0 Å². The first kappa shape index (κ1) is 10.6. The van der Waals surface area contributed by atoms with E-state index in [9.17, 15) is 0 Å². The summed E-state index contributed by atoms with van der Waals surface area (Å²) < 4.78 is 0.990. The number of halogens is 2. The molecule has 1 aromatic carbocycles. The first-order chi connectivity index (χ1) is 6.24. The molecule has 0 saturated heterocycles. The molecule has 70 valence electrons. The van der Waals surface area contributed by atoms with Gasteiger partial charge in [-0.2, -0.15) is 0 Å². The van der Waals surface area contributed by atoms with Crippen molar-refractivity contribution in [2.24, 2.45) is 0 Å². The van der Waals surface area contributed by atoms with Gasteiger partial charge in [0.2, 0.25) is 0 Å². The van der Waals surface area contributed by atoms with Gasteiger partial charge in [0.05, 0.1) is 0 Å². The van der Waals surface area contributed by atoms with E-state index < -0.39 is 0 Å². The van der Waals surface area contributed by atoms with Crippen LogP contribution < -0.4 is 5.32 Å². The summed E-state index contributed by atoms with van der Waals surface area (Å²) in [6, 6.07) is 5.69. The van der Waals surface area contributed by atoms with Crippen molar-refractivity contribution in [3.8, 4) is 0 Å². The zero-order chi connectivity index (χ0) is 9.68.